The molecule has 6 N–H and O–H groups in total. The largest absolute Gasteiger partial charge is 0.508 e. The Hall–Kier alpha value is -4.10. The number of phenols is 1. The number of hydrogen-bond donors (Lipinski definition) is 5. The molecule has 0 heterocycles. The monoisotopic (exact) mass is 699 g/mol. The van der Waals surface area contributed by atoms with Gasteiger partial charge in [-0.05, 0) is 92.3 Å². The van der Waals surface area contributed by atoms with Gasteiger partial charge in [0.25, 0.3) is 0 Å². The molecule has 0 spiro atoms. The van der Waals surface area contributed by atoms with Crippen molar-refractivity contribution in [2.45, 2.75) is 83.8 Å². The molecule has 4 amide bonds. The topological polar surface area (TPSA) is 180 Å². The fraction of sp³-hybridized carbons (Fsp3) is 0.528. The van der Waals surface area contributed by atoms with Crippen LogP contribution in [0, 0.1) is 13.8 Å². The summed E-state index contributed by atoms with van der Waals surface area (Å²) in [5.41, 5.74) is 9.58. The number of esters is 1. The highest BCUT2D eigenvalue weighted by Gasteiger charge is 2.27. The van der Waals surface area contributed by atoms with E-state index in [1.807, 2.05) is 50.4 Å². The Balaban J connectivity index is 1.98. The van der Waals surface area contributed by atoms with Crippen LogP contribution in [-0.2, 0) is 41.6 Å². The highest BCUT2D eigenvalue weighted by molar-refractivity contribution is 7.98. The first-order chi connectivity index (χ1) is 23.3. The van der Waals surface area contributed by atoms with Crippen LogP contribution in [0.15, 0.2) is 42.5 Å². The van der Waals surface area contributed by atoms with Crippen LogP contribution in [0.5, 0.6) is 5.75 Å². The molecular weight excluding hydrogens is 646 g/mol. The predicted octanol–water partition coefficient (Wildman–Crippen LogP) is 2.54. The molecule has 0 fully saturated rings. The van der Waals surface area contributed by atoms with Crippen molar-refractivity contribution in [3.63, 3.8) is 0 Å². The SMILES string of the molecule is CSCC[C@@H](NC(=O)[C@H](N)Cc1c(C)cc(O)cc1C)C(=O)NCC(=O)N[C@@H](Cc1ccccc1)C(=O)N(C)CCCCCCOC(C)=O. The quantitative estimate of drug-likeness (QED) is 0.0967. The highest BCUT2D eigenvalue weighted by Crippen LogP contribution is 2.22. The second-order valence-electron chi connectivity index (χ2n) is 12.3. The highest BCUT2D eigenvalue weighted by atomic mass is 32.2. The normalized spacial score (nSPS) is 12.7. The predicted molar refractivity (Wildman–Crippen MR) is 192 cm³/mol. The Labute approximate surface area is 294 Å². The molecule has 0 radical (unpaired) electrons. The van der Waals surface area contributed by atoms with Crippen molar-refractivity contribution in [1.29, 1.82) is 0 Å². The van der Waals surface area contributed by atoms with E-state index in [1.165, 1.54) is 18.7 Å². The van der Waals surface area contributed by atoms with Gasteiger partial charge in [0.1, 0.15) is 17.8 Å². The van der Waals surface area contributed by atoms with Gasteiger partial charge >= 0.3 is 5.97 Å². The lowest BCUT2D eigenvalue weighted by Gasteiger charge is -2.25. The number of likely N-dealkylation sites (N-methyl/N-ethyl adjacent to an activating group) is 1. The number of nitrogens with zero attached hydrogens (tertiary/aromatic N) is 1. The minimum Gasteiger partial charge on any atom is -0.508 e. The van der Waals surface area contributed by atoms with E-state index in [2.05, 4.69) is 16.0 Å². The molecule has 0 aliphatic heterocycles. The lowest BCUT2D eigenvalue weighted by atomic mass is 9.96. The molecule has 0 bridgehead atoms. The smallest absolute Gasteiger partial charge is 0.302 e. The Morgan fingerprint density at radius 1 is 0.918 bits per heavy atom. The number of phenolic OH excluding ortho intramolecular Hbond substituents is 1. The lowest BCUT2D eigenvalue weighted by Crippen LogP contribution is -2.55. The van der Waals surface area contributed by atoms with Crippen LogP contribution in [0.4, 0.5) is 0 Å². The number of nitrogens with one attached hydrogen (secondary N) is 3. The molecule has 0 aromatic heterocycles. The minimum absolute atomic E-state index is 0.137. The zero-order chi connectivity index (χ0) is 36.3. The zero-order valence-corrected chi connectivity index (χ0v) is 30.2. The average Bonchev–Trinajstić information content (AvgIpc) is 3.05. The third kappa shape index (κ3) is 15.3. The van der Waals surface area contributed by atoms with Crippen LogP contribution in [0.3, 0.4) is 0 Å². The first-order valence-electron chi connectivity index (χ1n) is 16.7. The van der Waals surface area contributed by atoms with Crippen LogP contribution in [-0.4, -0.2) is 96.5 Å². The van der Waals surface area contributed by atoms with Gasteiger partial charge in [0.05, 0.1) is 19.2 Å². The van der Waals surface area contributed by atoms with E-state index in [9.17, 15) is 29.1 Å². The first kappa shape index (κ1) is 41.1. The van der Waals surface area contributed by atoms with Crippen LogP contribution >= 0.6 is 11.8 Å². The maximum atomic E-state index is 13.5. The number of carbonyl (C=O) groups is 5. The van der Waals surface area contributed by atoms with Gasteiger partial charge in [0, 0.05) is 26.9 Å². The number of unbranched alkanes of at least 4 members (excludes halogenated alkanes) is 3. The Bertz CT molecular complexity index is 1370. The fourth-order valence-corrected chi connectivity index (χ4v) is 5.84. The van der Waals surface area contributed by atoms with Crippen molar-refractivity contribution in [2.75, 3.05) is 38.8 Å². The Kier molecular flexibility index (Phi) is 18.3. The Morgan fingerprint density at radius 3 is 2.20 bits per heavy atom. The summed E-state index contributed by atoms with van der Waals surface area (Å²) in [5.74, 6) is -1.39. The van der Waals surface area contributed by atoms with Gasteiger partial charge in [0.15, 0.2) is 0 Å². The summed E-state index contributed by atoms with van der Waals surface area (Å²) in [6, 6.07) is 9.88. The second-order valence-corrected chi connectivity index (χ2v) is 13.2. The van der Waals surface area contributed by atoms with E-state index in [0.717, 1.165) is 47.9 Å². The average molecular weight is 700 g/mol. The standard InChI is InChI=1S/C36H53N5O7S/c1-24-19-28(43)20-25(2)29(24)22-30(37)34(45)40-31(15-18-49-5)35(46)38-23-33(44)39-32(21-27-13-9-8-10-14-27)36(47)41(4)16-11-6-7-12-17-48-26(3)42/h8-10,13-14,19-20,30-32,43H,6-7,11-12,15-18,21-23,37H2,1-5H3,(H,38,46)(H,39,44)(H,40,45)/t30-,31-,32+/m1/s1. The van der Waals surface area contributed by atoms with E-state index in [4.69, 9.17) is 10.5 Å². The molecule has 13 heteroatoms. The summed E-state index contributed by atoms with van der Waals surface area (Å²) in [5, 5.41) is 18.0. The first-order valence-corrected chi connectivity index (χ1v) is 18.0. The van der Waals surface area contributed by atoms with Gasteiger partial charge in [-0.15, -0.1) is 0 Å². The molecule has 49 heavy (non-hydrogen) atoms. The Morgan fingerprint density at radius 2 is 1.57 bits per heavy atom. The van der Waals surface area contributed by atoms with E-state index in [1.54, 1.807) is 24.1 Å². The summed E-state index contributed by atoms with van der Waals surface area (Å²) >= 11 is 1.52. The van der Waals surface area contributed by atoms with Gasteiger partial charge in [0.2, 0.25) is 23.6 Å². The molecule has 270 valence electrons. The van der Waals surface area contributed by atoms with Crippen LogP contribution in [0.2, 0.25) is 0 Å². The van der Waals surface area contributed by atoms with Gasteiger partial charge < -0.3 is 36.4 Å². The maximum absolute atomic E-state index is 13.5. The molecule has 0 unspecified atom stereocenters. The van der Waals surface area contributed by atoms with E-state index < -0.39 is 35.8 Å². The number of ether oxygens (including phenoxy) is 1. The van der Waals surface area contributed by atoms with Crippen LogP contribution in [0.25, 0.3) is 0 Å². The van der Waals surface area contributed by atoms with Gasteiger partial charge in [-0.2, -0.15) is 11.8 Å². The number of benzene rings is 2. The summed E-state index contributed by atoms with van der Waals surface area (Å²) in [6.45, 7) is 5.54. The number of thioether (sulfide) groups is 1. The molecular formula is C36H53N5O7S. The zero-order valence-electron chi connectivity index (χ0n) is 29.4. The molecule has 12 nitrogen and oxygen atoms in total. The number of aryl methyl sites for hydroxylation is 2. The molecule has 3 atom stereocenters. The number of amides is 4. The number of carbonyl (C=O) groups excluding carboxylic acids is 5. The fourth-order valence-electron chi connectivity index (χ4n) is 5.37. The molecule has 2 rings (SSSR count). The molecule has 0 saturated heterocycles. The number of aromatic hydroxyl groups is 1. The van der Waals surface area contributed by atoms with Crippen LogP contribution < -0.4 is 21.7 Å². The second kappa shape index (κ2) is 21.8. The molecule has 2 aromatic rings. The van der Waals surface area contributed by atoms with E-state index in [0.29, 0.717) is 25.3 Å². The molecule has 2 aromatic carbocycles. The summed E-state index contributed by atoms with van der Waals surface area (Å²) in [4.78, 5) is 65.3. The van der Waals surface area contributed by atoms with Crippen molar-refractivity contribution < 1.29 is 33.8 Å². The number of nitrogens with two attached hydrogens (primary N) is 1. The van der Waals surface area contributed by atoms with Crippen LogP contribution in [0.1, 0.15) is 61.3 Å². The van der Waals surface area contributed by atoms with Gasteiger partial charge in [-0.25, -0.2) is 0 Å². The summed E-state index contributed by atoms with van der Waals surface area (Å²) < 4.78 is 4.95. The summed E-state index contributed by atoms with van der Waals surface area (Å²) in [7, 11) is 1.70. The van der Waals surface area contributed by atoms with Crippen molar-refractivity contribution >= 4 is 41.4 Å². The van der Waals surface area contributed by atoms with Crippen molar-refractivity contribution in [3.8, 4) is 5.75 Å². The lowest BCUT2D eigenvalue weighted by molar-refractivity contribution is -0.141. The van der Waals surface area contributed by atoms with E-state index in [-0.39, 0.29) is 37.0 Å². The van der Waals surface area contributed by atoms with E-state index >= 15 is 0 Å². The molecule has 0 aliphatic rings. The minimum atomic E-state index is -0.933. The third-order valence-corrected chi connectivity index (χ3v) is 8.74. The maximum Gasteiger partial charge on any atom is 0.302 e. The van der Waals surface area contributed by atoms with Crippen molar-refractivity contribution in [2.24, 2.45) is 5.73 Å². The van der Waals surface area contributed by atoms with Crippen molar-refractivity contribution in [3.05, 3.63) is 64.7 Å². The van der Waals surface area contributed by atoms with Gasteiger partial charge in [-0.1, -0.05) is 36.8 Å². The third-order valence-electron chi connectivity index (χ3n) is 8.09. The van der Waals surface area contributed by atoms with Crippen molar-refractivity contribution in [1.82, 2.24) is 20.9 Å². The van der Waals surface area contributed by atoms with Gasteiger partial charge in [-0.3, -0.25) is 24.0 Å². The number of rotatable bonds is 21. The molecule has 0 aliphatic carbocycles. The summed E-state index contributed by atoms with van der Waals surface area (Å²) in [6.07, 6.45) is 5.94. The number of hydrogen-bond acceptors (Lipinski definition) is 9. The molecule has 0 saturated carbocycles.